The van der Waals surface area contributed by atoms with E-state index in [9.17, 15) is 14.4 Å². The first kappa shape index (κ1) is 25.1. The Kier molecular flexibility index (Phi) is 6.89. The average Bonchev–Trinajstić information content (AvgIpc) is 3.37. The molecule has 2 amide bonds. The number of para-hydroxylation sites is 1. The zero-order valence-electron chi connectivity index (χ0n) is 20.7. The fourth-order valence-electron chi connectivity index (χ4n) is 3.96. The highest BCUT2D eigenvalue weighted by Crippen LogP contribution is 2.35. The number of amides is 2. The monoisotopic (exact) mass is 505 g/mol. The first-order valence-electron chi connectivity index (χ1n) is 11.5. The Morgan fingerprint density at radius 3 is 2.56 bits per heavy atom. The van der Waals surface area contributed by atoms with Crippen LogP contribution in [0.15, 0.2) is 36.5 Å². The third-order valence-corrected chi connectivity index (χ3v) is 6.87. The molecule has 0 aliphatic carbocycles. The second kappa shape index (κ2) is 9.90. The van der Waals surface area contributed by atoms with Gasteiger partial charge in [-0.25, -0.2) is 9.78 Å². The first-order valence-corrected chi connectivity index (χ1v) is 12.3. The van der Waals surface area contributed by atoms with E-state index in [0.717, 1.165) is 22.6 Å². The number of esters is 1. The predicted molar refractivity (Wildman–Crippen MR) is 139 cm³/mol. The number of pyridine rings is 1. The minimum Gasteiger partial charge on any atom is -0.459 e. The maximum atomic E-state index is 13.6. The Bertz CT molecular complexity index is 1500. The van der Waals surface area contributed by atoms with Gasteiger partial charge in [0.05, 0.1) is 39.0 Å². The van der Waals surface area contributed by atoms with E-state index in [0.29, 0.717) is 34.3 Å². The van der Waals surface area contributed by atoms with Crippen LogP contribution in [0.25, 0.3) is 22.2 Å². The van der Waals surface area contributed by atoms with Crippen LogP contribution in [0, 0.1) is 13.8 Å². The van der Waals surface area contributed by atoms with Crippen LogP contribution in [0.3, 0.4) is 0 Å². The van der Waals surface area contributed by atoms with Crippen LogP contribution in [0.2, 0.25) is 0 Å². The zero-order chi connectivity index (χ0) is 26.1. The van der Waals surface area contributed by atoms with Gasteiger partial charge in [0.2, 0.25) is 0 Å². The molecule has 0 spiro atoms. The molecule has 0 saturated carbocycles. The van der Waals surface area contributed by atoms with E-state index in [-0.39, 0.29) is 21.5 Å². The molecular formula is C26H27N5O4S. The van der Waals surface area contributed by atoms with Crippen molar-refractivity contribution in [2.24, 2.45) is 5.73 Å². The first-order chi connectivity index (χ1) is 17.1. The van der Waals surface area contributed by atoms with Crippen molar-refractivity contribution in [1.29, 1.82) is 0 Å². The van der Waals surface area contributed by atoms with Crippen molar-refractivity contribution in [3.05, 3.63) is 63.8 Å². The van der Waals surface area contributed by atoms with Gasteiger partial charge in [0, 0.05) is 23.7 Å². The summed E-state index contributed by atoms with van der Waals surface area (Å²) >= 11 is 0.951. The lowest BCUT2D eigenvalue weighted by atomic mass is 10.0. The number of hydrogen-bond acceptors (Lipinski definition) is 7. The van der Waals surface area contributed by atoms with Crippen molar-refractivity contribution in [1.82, 2.24) is 14.8 Å². The van der Waals surface area contributed by atoms with Gasteiger partial charge in [-0.3, -0.25) is 14.3 Å². The maximum Gasteiger partial charge on any atom is 0.341 e. The number of benzene rings is 1. The summed E-state index contributed by atoms with van der Waals surface area (Å²) in [5.41, 5.74) is 9.24. The van der Waals surface area contributed by atoms with E-state index in [2.05, 4.69) is 10.4 Å². The lowest BCUT2D eigenvalue weighted by molar-refractivity contribution is 0.0379. The fourth-order valence-corrected chi connectivity index (χ4v) is 5.00. The number of fused-ring (bicyclic) bond motifs is 1. The van der Waals surface area contributed by atoms with Gasteiger partial charge in [0.1, 0.15) is 5.00 Å². The van der Waals surface area contributed by atoms with Gasteiger partial charge < -0.3 is 15.8 Å². The molecule has 0 atom stereocenters. The molecule has 9 nitrogen and oxygen atoms in total. The van der Waals surface area contributed by atoms with Crippen molar-refractivity contribution in [2.75, 3.05) is 5.32 Å². The van der Waals surface area contributed by atoms with E-state index in [4.69, 9.17) is 15.5 Å². The summed E-state index contributed by atoms with van der Waals surface area (Å²) in [4.78, 5) is 43.4. The summed E-state index contributed by atoms with van der Waals surface area (Å²) in [5.74, 6) is -1.77. The second-order valence-electron chi connectivity index (χ2n) is 8.59. The quantitative estimate of drug-likeness (QED) is 0.350. The van der Waals surface area contributed by atoms with Gasteiger partial charge in [0.15, 0.2) is 0 Å². The SMILES string of the molecule is CCn1cc(-c2cc(C(=O)Nc3sc(C(N)=O)c(C)c3C(=O)OC(C)C)c3ccccc3n2)c(C)n1. The van der Waals surface area contributed by atoms with Crippen LogP contribution in [-0.4, -0.2) is 38.7 Å². The van der Waals surface area contributed by atoms with E-state index < -0.39 is 17.8 Å². The minimum atomic E-state index is -0.684. The number of nitrogens with one attached hydrogen (secondary N) is 1. The Balaban J connectivity index is 1.82. The molecular weight excluding hydrogens is 478 g/mol. The molecule has 36 heavy (non-hydrogen) atoms. The Morgan fingerprint density at radius 2 is 1.92 bits per heavy atom. The van der Waals surface area contributed by atoms with E-state index in [1.165, 1.54) is 0 Å². The standard InChI is InChI=1S/C26H27N5O4S/c1-6-31-12-18(15(5)30-31)20-11-17(16-9-7-8-10-19(16)28-20)24(33)29-25-21(26(34)35-13(2)3)14(4)22(36-25)23(27)32/h7-13H,6H2,1-5H3,(H2,27,32)(H,29,33). The topological polar surface area (TPSA) is 129 Å². The summed E-state index contributed by atoms with van der Waals surface area (Å²) in [5, 5.41) is 8.17. The maximum absolute atomic E-state index is 13.6. The van der Waals surface area contributed by atoms with E-state index >= 15 is 0 Å². The third-order valence-electron chi connectivity index (χ3n) is 5.65. The normalized spacial score (nSPS) is 11.2. The number of aromatic nitrogens is 3. The zero-order valence-corrected chi connectivity index (χ0v) is 21.5. The van der Waals surface area contributed by atoms with E-state index in [1.807, 2.05) is 49.0 Å². The summed E-state index contributed by atoms with van der Waals surface area (Å²) in [6.45, 7) is 9.65. The van der Waals surface area contributed by atoms with E-state index in [1.54, 1.807) is 26.8 Å². The Labute approximate surface area is 212 Å². The summed E-state index contributed by atoms with van der Waals surface area (Å²) in [6, 6.07) is 9.04. The number of primary amides is 1. The number of carbonyl (C=O) groups is 3. The highest BCUT2D eigenvalue weighted by Gasteiger charge is 2.27. The fraction of sp³-hybridized carbons (Fsp3) is 0.269. The molecule has 3 N–H and O–H groups in total. The molecule has 0 bridgehead atoms. The number of hydrogen-bond donors (Lipinski definition) is 2. The minimum absolute atomic E-state index is 0.120. The van der Waals surface area contributed by atoms with Crippen molar-refractivity contribution in [3.63, 3.8) is 0 Å². The van der Waals surface area contributed by atoms with Crippen LogP contribution in [0.4, 0.5) is 5.00 Å². The van der Waals surface area contributed by atoms with Crippen molar-refractivity contribution >= 4 is 45.0 Å². The number of carbonyl (C=O) groups excluding carboxylic acids is 3. The lowest BCUT2D eigenvalue weighted by Gasteiger charge is -2.12. The number of ether oxygens (including phenoxy) is 1. The van der Waals surface area contributed by atoms with Crippen LogP contribution in [0.1, 0.15) is 62.4 Å². The number of nitrogens with two attached hydrogens (primary N) is 1. The Morgan fingerprint density at radius 1 is 1.19 bits per heavy atom. The second-order valence-corrected chi connectivity index (χ2v) is 9.61. The smallest absolute Gasteiger partial charge is 0.341 e. The molecule has 10 heteroatoms. The molecule has 0 aliphatic heterocycles. The van der Waals surface area contributed by atoms with Gasteiger partial charge in [-0.1, -0.05) is 18.2 Å². The number of thiophene rings is 1. The molecule has 0 unspecified atom stereocenters. The molecule has 0 saturated heterocycles. The van der Waals surface area contributed by atoms with Crippen LogP contribution in [0.5, 0.6) is 0 Å². The van der Waals surface area contributed by atoms with Crippen molar-refractivity contribution in [2.45, 2.75) is 47.3 Å². The number of anilines is 1. The van der Waals surface area contributed by atoms with Gasteiger partial charge in [-0.15, -0.1) is 11.3 Å². The van der Waals surface area contributed by atoms with Crippen LogP contribution in [-0.2, 0) is 11.3 Å². The van der Waals surface area contributed by atoms with Crippen LogP contribution < -0.4 is 11.1 Å². The number of aryl methyl sites for hydroxylation is 2. The summed E-state index contributed by atoms with van der Waals surface area (Å²) < 4.78 is 7.17. The van der Waals surface area contributed by atoms with Gasteiger partial charge in [-0.05, 0) is 52.3 Å². The molecule has 186 valence electrons. The molecule has 4 rings (SSSR count). The van der Waals surface area contributed by atoms with Gasteiger partial charge >= 0.3 is 5.97 Å². The molecule has 1 aromatic carbocycles. The van der Waals surface area contributed by atoms with Crippen LogP contribution >= 0.6 is 11.3 Å². The molecule has 0 radical (unpaired) electrons. The molecule has 0 fully saturated rings. The third kappa shape index (κ3) is 4.72. The predicted octanol–water partition coefficient (Wildman–Crippen LogP) is 4.71. The van der Waals surface area contributed by atoms with Crippen molar-refractivity contribution in [3.8, 4) is 11.3 Å². The highest BCUT2D eigenvalue weighted by molar-refractivity contribution is 7.18. The lowest BCUT2D eigenvalue weighted by Crippen LogP contribution is -2.17. The molecule has 0 aliphatic rings. The molecule has 3 aromatic heterocycles. The number of rotatable bonds is 7. The highest BCUT2D eigenvalue weighted by atomic mass is 32.1. The average molecular weight is 506 g/mol. The Hall–Kier alpha value is -4.05. The molecule has 4 aromatic rings. The van der Waals surface area contributed by atoms with Crippen molar-refractivity contribution < 1.29 is 19.1 Å². The summed E-state index contributed by atoms with van der Waals surface area (Å²) in [7, 11) is 0. The number of nitrogens with zero attached hydrogens (tertiary/aromatic N) is 3. The van der Waals surface area contributed by atoms with Gasteiger partial charge in [0.25, 0.3) is 11.8 Å². The largest absolute Gasteiger partial charge is 0.459 e. The van der Waals surface area contributed by atoms with Gasteiger partial charge in [-0.2, -0.15) is 5.10 Å². The molecule has 3 heterocycles. The summed E-state index contributed by atoms with van der Waals surface area (Å²) in [6.07, 6.45) is 1.52.